The fraction of sp³-hybridized carbons (Fsp3) is 0.636. The molecule has 0 aromatic carbocycles. The highest BCUT2D eigenvalue weighted by Gasteiger charge is 2.18. The fourth-order valence-electron chi connectivity index (χ4n) is 1.12. The fourth-order valence-corrected chi connectivity index (χ4v) is 1.12. The molecule has 0 spiro atoms. The molecule has 1 rings (SSSR count). The van der Waals surface area contributed by atoms with Gasteiger partial charge in [0, 0.05) is 13.3 Å². The molecular weight excluding hydrogens is 208 g/mol. The SMILES string of the molecule is COCCc1cnn(C(=O)OC(C)(C)C)c1. The van der Waals surface area contributed by atoms with Gasteiger partial charge in [0.05, 0.1) is 12.8 Å². The van der Waals surface area contributed by atoms with Crippen LogP contribution in [0, 0.1) is 0 Å². The molecule has 0 aliphatic heterocycles. The zero-order chi connectivity index (χ0) is 12.2. The Kier molecular flexibility index (Phi) is 4.06. The van der Waals surface area contributed by atoms with Gasteiger partial charge in [-0.2, -0.15) is 9.78 Å². The summed E-state index contributed by atoms with van der Waals surface area (Å²) in [6.07, 6.45) is 3.58. The summed E-state index contributed by atoms with van der Waals surface area (Å²) in [5.41, 5.74) is 0.447. The number of hydrogen-bond acceptors (Lipinski definition) is 4. The van der Waals surface area contributed by atoms with Gasteiger partial charge < -0.3 is 9.47 Å². The molecule has 1 heterocycles. The zero-order valence-corrected chi connectivity index (χ0v) is 10.2. The van der Waals surface area contributed by atoms with Crippen LogP contribution in [0.15, 0.2) is 12.4 Å². The van der Waals surface area contributed by atoms with Crippen LogP contribution >= 0.6 is 0 Å². The third-order valence-corrected chi connectivity index (χ3v) is 1.81. The second-order valence-corrected chi connectivity index (χ2v) is 4.52. The quantitative estimate of drug-likeness (QED) is 0.789. The van der Waals surface area contributed by atoms with Gasteiger partial charge in [-0.1, -0.05) is 0 Å². The maximum atomic E-state index is 11.6. The lowest BCUT2D eigenvalue weighted by atomic mass is 10.2. The predicted molar refractivity (Wildman–Crippen MR) is 59.4 cm³/mol. The van der Waals surface area contributed by atoms with Crippen molar-refractivity contribution in [2.75, 3.05) is 13.7 Å². The average Bonchev–Trinajstić information content (AvgIpc) is 2.60. The third-order valence-electron chi connectivity index (χ3n) is 1.81. The maximum Gasteiger partial charge on any atom is 0.435 e. The molecule has 0 fully saturated rings. The van der Waals surface area contributed by atoms with E-state index in [4.69, 9.17) is 9.47 Å². The van der Waals surface area contributed by atoms with E-state index < -0.39 is 11.7 Å². The van der Waals surface area contributed by atoms with E-state index in [1.807, 2.05) is 20.8 Å². The molecule has 0 atom stereocenters. The van der Waals surface area contributed by atoms with Gasteiger partial charge in [0.25, 0.3) is 0 Å². The Bertz CT molecular complexity index is 352. The van der Waals surface area contributed by atoms with Gasteiger partial charge in [-0.05, 0) is 32.8 Å². The molecule has 16 heavy (non-hydrogen) atoms. The Labute approximate surface area is 95.3 Å². The molecule has 1 aromatic rings. The molecule has 5 heteroatoms. The van der Waals surface area contributed by atoms with Crippen LogP contribution < -0.4 is 0 Å². The first kappa shape index (κ1) is 12.7. The molecule has 0 unspecified atom stereocenters. The van der Waals surface area contributed by atoms with Crippen molar-refractivity contribution in [1.29, 1.82) is 0 Å². The number of nitrogens with zero attached hydrogens (tertiary/aromatic N) is 2. The van der Waals surface area contributed by atoms with Crippen LogP contribution in [0.25, 0.3) is 0 Å². The number of ether oxygens (including phenoxy) is 2. The monoisotopic (exact) mass is 226 g/mol. The second kappa shape index (κ2) is 5.12. The summed E-state index contributed by atoms with van der Waals surface area (Å²) in [5.74, 6) is 0. The first-order valence-corrected chi connectivity index (χ1v) is 5.18. The van der Waals surface area contributed by atoms with E-state index in [2.05, 4.69) is 5.10 Å². The van der Waals surface area contributed by atoms with Gasteiger partial charge >= 0.3 is 6.09 Å². The van der Waals surface area contributed by atoms with Gasteiger partial charge in [-0.15, -0.1) is 0 Å². The largest absolute Gasteiger partial charge is 0.442 e. The standard InChI is InChI=1S/C11H18N2O3/c1-11(2,3)16-10(14)13-8-9(7-12-13)5-6-15-4/h7-8H,5-6H2,1-4H3. The van der Waals surface area contributed by atoms with Gasteiger partial charge in [0.15, 0.2) is 0 Å². The lowest BCUT2D eigenvalue weighted by Gasteiger charge is -2.18. The van der Waals surface area contributed by atoms with E-state index in [1.165, 1.54) is 4.68 Å². The Morgan fingerprint density at radius 3 is 2.75 bits per heavy atom. The van der Waals surface area contributed by atoms with E-state index in [1.54, 1.807) is 19.5 Å². The van der Waals surface area contributed by atoms with Crippen LogP contribution in [-0.2, 0) is 15.9 Å². The van der Waals surface area contributed by atoms with Crippen molar-refractivity contribution in [2.45, 2.75) is 32.8 Å². The van der Waals surface area contributed by atoms with E-state index in [0.717, 1.165) is 12.0 Å². The molecule has 0 aliphatic carbocycles. The van der Waals surface area contributed by atoms with Crippen molar-refractivity contribution >= 4 is 6.09 Å². The third kappa shape index (κ3) is 4.02. The minimum absolute atomic E-state index is 0.462. The summed E-state index contributed by atoms with van der Waals surface area (Å²) < 4.78 is 11.3. The second-order valence-electron chi connectivity index (χ2n) is 4.52. The lowest BCUT2D eigenvalue weighted by molar-refractivity contribution is 0.0514. The summed E-state index contributed by atoms with van der Waals surface area (Å²) in [6.45, 7) is 6.07. The highest BCUT2D eigenvalue weighted by molar-refractivity contribution is 5.69. The van der Waals surface area contributed by atoms with Gasteiger partial charge in [0.1, 0.15) is 5.60 Å². The van der Waals surface area contributed by atoms with Crippen molar-refractivity contribution < 1.29 is 14.3 Å². The smallest absolute Gasteiger partial charge is 0.435 e. The maximum absolute atomic E-state index is 11.6. The number of methoxy groups -OCH3 is 1. The highest BCUT2D eigenvalue weighted by Crippen LogP contribution is 2.09. The van der Waals surface area contributed by atoms with E-state index in [-0.39, 0.29) is 0 Å². The lowest BCUT2D eigenvalue weighted by Crippen LogP contribution is -2.27. The van der Waals surface area contributed by atoms with Crippen molar-refractivity contribution in [2.24, 2.45) is 0 Å². The molecular formula is C11H18N2O3. The predicted octanol–water partition coefficient (Wildman–Crippen LogP) is 1.86. The van der Waals surface area contributed by atoms with Gasteiger partial charge in [-0.3, -0.25) is 0 Å². The summed E-state index contributed by atoms with van der Waals surface area (Å²) in [4.78, 5) is 11.6. The molecule has 0 radical (unpaired) electrons. The Morgan fingerprint density at radius 2 is 2.19 bits per heavy atom. The Hall–Kier alpha value is -1.36. The minimum atomic E-state index is -0.504. The molecule has 0 saturated heterocycles. The molecule has 0 amide bonds. The van der Waals surface area contributed by atoms with Crippen LogP contribution in [0.2, 0.25) is 0 Å². The number of hydrogen-bond donors (Lipinski definition) is 0. The van der Waals surface area contributed by atoms with Crippen LogP contribution in [0.4, 0.5) is 4.79 Å². The summed E-state index contributed by atoms with van der Waals surface area (Å²) in [7, 11) is 1.64. The number of aromatic nitrogens is 2. The molecule has 1 aromatic heterocycles. The summed E-state index contributed by atoms with van der Waals surface area (Å²) >= 11 is 0. The van der Waals surface area contributed by atoms with Crippen molar-refractivity contribution in [3.8, 4) is 0 Å². The van der Waals surface area contributed by atoms with Crippen LogP contribution in [0.5, 0.6) is 0 Å². The van der Waals surface area contributed by atoms with E-state index >= 15 is 0 Å². The first-order chi connectivity index (χ1) is 7.42. The molecule has 5 nitrogen and oxygen atoms in total. The van der Waals surface area contributed by atoms with Crippen LogP contribution in [0.1, 0.15) is 26.3 Å². The Morgan fingerprint density at radius 1 is 1.50 bits per heavy atom. The Balaban J connectivity index is 2.60. The minimum Gasteiger partial charge on any atom is -0.442 e. The van der Waals surface area contributed by atoms with Crippen molar-refractivity contribution in [3.05, 3.63) is 18.0 Å². The summed E-state index contributed by atoms with van der Waals surface area (Å²) in [6, 6.07) is 0. The number of rotatable bonds is 3. The number of carbonyl (C=O) groups excluding carboxylic acids is 1. The first-order valence-electron chi connectivity index (χ1n) is 5.18. The average molecular weight is 226 g/mol. The van der Waals surface area contributed by atoms with Crippen LogP contribution in [-0.4, -0.2) is 35.2 Å². The highest BCUT2D eigenvalue weighted by atomic mass is 16.6. The van der Waals surface area contributed by atoms with Crippen molar-refractivity contribution in [1.82, 2.24) is 9.78 Å². The molecule has 0 aliphatic rings. The molecule has 90 valence electrons. The molecule has 0 saturated carbocycles. The summed E-state index contributed by atoms with van der Waals surface area (Å²) in [5, 5.41) is 3.94. The van der Waals surface area contributed by atoms with Gasteiger partial charge in [-0.25, -0.2) is 4.79 Å². The van der Waals surface area contributed by atoms with Gasteiger partial charge in [0.2, 0.25) is 0 Å². The molecule has 0 bridgehead atoms. The topological polar surface area (TPSA) is 53.4 Å². The van der Waals surface area contributed by atoms with Crippen molar-refractivity contribution in [3.63, 3.8) is 0 Å². The number of carbonyl (C=O) groups is 1. The van der Waals surface area contributed by atoms with Crippen LogP contribution in [0.3, 0.4) is 0 Å². The normalized spacial score (nSPS) is 11.5. The van der Waals surface area contributed by atoms with E-state index in [0.29, 0.717) is 6.61 Å². The zero-order valence-electron chi connectivity index (χ0n) is 10.2. The molecule has 0 N–H and O–H groups in total. The van der Waals surface area contributed by atoms with E-state index in [9.17, 15) is 4.79 Å².